The molecule has 2 heterocycles. The van der Waals surface area contributed by atoms with Crippen molar-refractivity contribution in [3.63, 3.8) is 0 Å². The Bertz CT molecular complexity index is 458. The topological polar surface area (TPSA) is 41.9 Å². The number of halogens is 1. The molecule has 0 aliphatic heterocycles. The van der Waals surface area contributed by atoms with Gasteiger partial charge in [0.1, 0.15) is 5.82 Å². The molecule has 5 heteroatoms. The third kappa shape index (κ3) is 3.14. The maximum atomic E-state index is 5.66. The van der Waals surface area contributed by atoms with Gasteiger partial charge in [-0.25, -0.2) is 4.98 Å². The molecule has 0 saturated carbocycles. The predicted octanol–water partition coefficient (Wildman–Crippen LogP) is 2.25. The van der Waals surface area contributed by atoms with E-state index in [2.05, 4.69) is 15.0 Å². The van der Waals surface area contributed by atoms with Crippen LogP contribution in [0.2, 0.25) is 0 Å². The van der Waals surface area contributed by atoms with E-state index in [9.17, 15) is 0 Å². The van der Waals surface area contributed by atoms with Crippen molar-refractivity contribution in [3.8, 4) is 0 Å². The Labute approximate surface area is 105 Å². The van der Waals surface area contributed by atoms with E-state index in [0.29, 0.717) is 12.4 Å². The number of alkyl halides is 1. The fourth-order valence-corrected chi connectivity index (χ4v) is 1.57. The first kappa shape index (κ1) is 11.8. The van der Waals surface area contributed by atoms with Crippen LogP contribution in [-0.2, 0) is 12.4 Å². The van der Waals surface area contributed by atoms with Gasteiger partial charge in [-0.15, -0.1) is 11.6 Å². The number of anilines is 1. The van der Waals surface area contributed by atoms with Crippen LogP contribution >= 0.6 is 11.6 Å². The van der Waals surface area contributed by atoms with E-state index in [1.54, 1.807) is 18.6 Å². The van der Waals surface area contributed by atoms with Gasteiger partial charge in [-0.3, -0.25) is 9.97 Å². The van der Waals surface area contributed by atoms with Gasteiger partial charge in [0, 0.05) is 13.2 Å². The zero-order valence-corrected chi connectivity index (χ0v) is 10.3. The third-order valence-corrected chi connectivity index (χ3v) is 2.62. The average molecular weight is 249 g/mol. The van der Waals surface area contributed by atoms with Crippen molar-refractivity contribution < 1.29 is 0 Å². The average Bonchev–Trinajstić information content (AvgIpc) is 2.40. The lowest BCUT2D eigenvalue weighted by molar-refractivity contribution is 0.856. The van der Waals surface area contributed by atoms with Crippen molar-refractivity contribution in [1.29, 1.82) is 0 Å². The lowest BCUT2D eigenvalue weighted by Crippen LogP contribution is -2.18. The molecular weight excluding hydrogens is 236 g/mol. The van der Waals surface area contributed by atoms with Gasteiger partial charge in [-0.2, -0.15) is 0 Å². The molecule has 0 radical (unpaired) electrons. The van der Waals surface area contributed by atoms with Crippen LogP contribution in [0.1, 0.15) is 11.4 Å². The quantitative estimate of drug-likeness (QED) is 0.779. The largest absolute Gasteiger partial charge is 0.353 e. The molecule has 0 saturated heterocycles. The Morgan fingerprint density at radius 2 is 2.00 bits per heavy atom. The van der Waals surface area contributed by atoms with Gasteiger partial charge < -0.3 is 4.90 Å². The van der Waals surface area contributed by atoms with Crippen LogP contribution < -0.4 is 4.90 Å². The molecule has 0 fully saturated rings. The Kier molecular flexibility index (Phi) is 3.88. The van der Waals surface area contributed by atoms with Crippen molar-refractivity contribution in [2.75, 3.05) is 11.9 Å². The zero-order chi connectivity index (χ0) is 12.1. The summed E-state index contributed by atoms with van der Waals surface area (Å²) in [6, 6.07) is 5.86. The summed E-state index contributed by atoms with van der Waals surface area (Å²) in [4.78, 5) is 14.8. The summed E-state index contributed by atoms with van der Waals surface area (Å²) in [6.07, 6.45) is 5.20. The van der Waals surface area contributed by atoms with E-state index >= 15 is 0 Å². The van der Waals surface area contributed by atoms with Crippen LogP contribution in [0.3, 0.4) is 0 Å². The SMILES string of the molecule is CN(Cc1ccccn1)c1cnc(CCl)cn1. The lowest BCUT2D eigenvalue weighted by atomic mass is 10.3. The Hall–Kier alpha value is -1.68. The minimum atomic E-state index is 0.386. The summed E-state index contributed by atoms with van der Waals surface area (Å²) < 4.78 is 0. The van der Waals surface area contributed by atoms with Gasteiger partial charge in [0.25, 0.3) is 0 Å². The van der Waals surface area contributed by atoms with Gasteiger partial charge in [0.2, 0.25) is 0 Å². The van der Waals surface area contributed by atoms with Crippen LogP contribution in [0.4, 0.5) is 5.82 Å². The van der Waals surface area contributed by atoms with Gasteiger partial charge in [0.05, 0.1) is 36.2 Å². The van der Waals surface area contributed by atoms with Crippen LogP contribution in [0.25, 0.3) is 0 Å². The number of nitrogens with zero attached hydrogens (tertiary/aromatic N) is 4. The molecule has 4 nitrogen and oxygen atoms in total. The lowest BCUT2D eigenvalue weighted by Gasteiger charge is -2.17. The summed E-state index contributed by atoms with van der Waals surface area (Å²) in [5.41, 5.74) is 1.78. The number of pyridine rings is 1. The molecule has 0 aromatic carbocycles. The molecule has 0 bridgehead atoms. The second-order valence-electron chi connectivity index (χ2n) is 3.68. The molecule has 0 unspecified atom stereocenters. The van der Waals surface area contributed by atoms with Gasteiger partial charge in [-0.05, 0) is 12.1 Å². The normalized spacial score (nSPS) is 10.2. The van der Waals surface area contributed by atoms with Crippen LogP contribution in [0.15, 0.2) is 36.8 Å². The summed E-state index contributed by atoms with van der Waals surface area (Å²) in [6.45, 7) is 0.704. The molecular formula is C12H13ClN4. The van der Waals surface area contributed by atoms with E-state index in [1.165, 1.54) is 0 Å². The van der Waals surface area contributed by atoms with Crippen LogP contribution in [0.5, 0.6) is 0 Å². The number of rotatable bonds is 4. The highest BCUT2D eigenvalue weighted by atomic mass is 35.5. The molecule has 17 heavy (non-hydrogen) atoms. The monoisotopic (exact) mass is 248 g/mol. The van der Waals surface area contributed by atoms with Crippen molar-refractivity contribution in [2.24, 2.45) is 0 Å². The standard InChI is InChI=1S/C12H13ClN4/c1-17(9-10-4-2-3-5-14-10)12-8-15-11(6-13)7-16-12/h2-5,7-8H,6,9H2,1H3. The molecule has 0 aliphatic carbocycles. The maximum absolute atomic E-state index is 5.66. The number of aromatic nitrogens is 3. The third-order valence-electron chi connectivity index (χ3n) is 2.35. The first-order valence-electron chi connectivity index (χ1n) is 5.27. The molecule has 0 aliphatic rings. The van der Waals surface area contributed by atoms with E-state index in [0.717, 1.165) is 17.2 Å². The summed E-state index contributed by atoms with van der Waals surface area (Å²) in [5, 5.41) is 0. The second kappa shape index (κ2) is 5.59. The number of hydrogen-bond acceptors (Lipinski definition) is 4. The van der Waals surface area contributed by atoms with Gasteiger partial charge in [0.15, 0.2) is 0 Å². The zero-order valence-electron chi connectivity index (χ0n) is 9.55. The van der Waals surface area contributed by atoms with E-state index in [1.807, 2.05) is 30.1 Å². The van der Waals surface area contributed by atoms with Crippen molar-refractivity contribution in [2.45, 2.75) is 12.4 Å². The Balaban J connectivity index is 2.06. The predicted molar refractivity (Wildman–Crippen MR) is 67.9 cm³/mol. The van der Waals surface area contributed by atoms with Crippen molar-refractivity contribution >= 4 is 17.4 Å². The highest BCUT2D eigenvalue weighted by Crippen LogP contribution is 2.10. The van der Waals surface area contributed by atoms with Gasteiger partial charge in [-0.1, -0.05) is 6.07 Å². The van der Waals surface area contributed by atoms with E-state index in [4.69, 9.17) is 11.6 Å². The van der Waals surface area contributed by atoms with E-state index < -0.39 is 0 Å². The first-order valence-corrected chi connectivity index (χ1v) is 5.81. The molecule has 2 rings (SSSR count). The molecule has 88 valence electrons. The number of hydrogen-bond donors (Lipinski definition) is 0. The van der Waals surface area contributed by atoms with Crippen molar-refractivity contribution in [1.82, 2.24) is 15.0 Å². The molecule has 0 atom stereocenters. The highest BCUT2D eigenvalue weighted by molar-refractivity contribution is 6.16. The van der Waals surface area contributed by atoms with Crippen LogP contribution in [0, 0.1) is 0 Å². The minimum Gasteiger partial charge on any atom is -0.353 e. The van der Waals surface area contributed by atoms with Gasteiger partial charge >= 0.3 is 0 Å². The van der Waals surface area contributed by atoms with Crippen LogP contribution in [-0.4, -0.2) is 22.0 Å². The minimum absolute atomic E-state index is 0.386. The summed E-state index contributed by atoms with van der Waals surface area (Å²) in [7, 11) is 1.96. The second-order valence-corrected chi connectivity index (χ2v) is 3.94. The Morgan fingerprint density at radius 3 is 2.59 bits per heavy atom. The highest BCUT2D eigenvalue weighted by Gasteiger charge is 2.04. The summed E-state index contributed by atoms with van der Waals surface area (Å²) >= 11 is 5.66. The fraction of sp³-hybridized carbons (Fsp3) is 0.250. The van der Waals surface area contributed by atoms with Crippen molar-refractivity contribution in [3.05, 3.63) is 48.2 Å². The molecule has 2 aromatic heterocycles. The Morgan fingerprint density at radius 1 is 1.12 bits per heavy atom. The maximum Gasteiger partial charge on any atom is 0.147 e. The smallest absolute Gasteiger partial charge is 0.147 e. The molecule has 0 amide bonds. The van der Waals surface area contributed by atoms with E-state index in [-0.39, 0.29) is 0 Å². The fourth-order valence-electron chi connectivity index (χ4n) is 1.43. The molecule has 2 aromatic rings. The molecule has 0 N–H and O–H groups in total. The molecule has 0 spiro atoms. The summed E-state index contributed by atoms with van der Waals surface area (Å²) in [5.74, 6) is 1.20. The first-order chi connectivity index (χ1) is 8.29.